The summed E-state index contributed by atoms with van der Waals surface area (Å²) in [4.78, 5) is 29.8. The predicted molar refractivity (Wildman–Crippen MR) is 68.6 cm³/mol. The zero-order valence-electron chi connectivity index (χ0n) is 10.5. The summed E-state index contributed by atoms with van der Waals surface area (Å²) in [5.41, 5.74) is 1.43. The highest BCUT2D eigenvalue weighted by molar-refractivity contribution is 6.30. The summed E-state index contributed by atoms with van der Waals surface area (Å²) in [6.07, 6.45) is 2.09. The van der Waals surface area contributed by atoms with Gasteiger partial charge in [0.25, 0.3) is 5.56 Å². The van der Waals surface area contributed by atoms with Crippen LogP contribution in [-0.4, -0.2) is 32.3 Å². The number of carbonyl (C=O) groups excluding carboxylic acids is 1. The Kier molecular flexibility index (Phi) is 3.71. The molecular formula is C12H16ClN3O2. The summed E-state index contributed by atoms with van der Waals surface area (Å²) >= 11 is 5.79. The number of carbonyl (C=O) groups is 1. The van der Waals surface area contributed by atoms with Gasteiger partial charge in [-0.05, 0) is 20.3 Å². The third kappa shape index (κ3) is 2.27. The highest BCUT2D eigenvalue weighted by Crippen LogP contribution is 2.15. The average Bonchev–Trinajstić information content (AvgIpc) is 2.37. The Morgan fingerprint density at radius 2 is 2.33 bits per heavy atom. The van der Waals surface area contributed by atoms with Crippen molar-refractivity contribution in [3.05, 3.63) is 27.9 Å². The molecule has 2 heterocycles. The van der Waals surface area contributed by atoms with Crippen LogP contribution in [0.25, 0.3) is 0 Å². The van der Waals surface area contributed by atoms with Crippen molar-refractivity contribution in [2.24, 2.45) is 0 Å². The van der Waals surface area contributed by atoms with E-state index in [-0.39, 0.29) is 11.5 Å². The SMILES string of the molecule is CCn1cnc2c(c1=O)CCN(C(=O)C(C)Cl)C2. The highest BCUT2D eigenvalue weighted by atomic mass is 35.5. The largest absolute Gasteiger partial charge is 0.335 e. The van der Waals surface area contributed by atoms with Crippen molar-refractivity contribution in [3.63, 3.8) is 0 Å². The number of nitrogens with zero attached hydrogens (tertiary/aromatic N) is 3. The molecule has 0 radical (unpaired) electrons. The Labute approximate surface area is 110 Å². The fraction of sp³-hybridized carbons (Fsp3) is 0.583. The van der Waals surface area contributed by atoms with E-state index < -0.39 is 5.38 Å². The van der Waals surface area contributed by atoms with Crippen LogP contribution < -0.4 is 5.56 Å². The maximum absolute atomic E-state index is 12.0. The lowest BCUT2D eigenvalue weighted by molar-refractivity contribution is -0.131. The fourth-order valence-electron chi connectivity index (χ4n) is 2.13. The zero-order chi connectivity index (χ0) is 13.3. The summed E-state index contributed by atoms with van der Waals surface area (Å²) in [5.74, 6) is -0.108. The summed E-state index contributed by atoms with van der Waals surface area (Å²) in [5, 5.41) is -0.539. The van der Waals surface area contributed by atoms with Crippen LogP contribution >= 0.6 is 11.6 Å². The van der Waals surface area contributed by atoms with E-state index >= 15 is 0 Å². The molecule has 1 aliphatic rings. The smallest absolute Gasteiger partial charge is 0.256 e. The molecule has 0 spiro atoms. The Hall–Kier alpha value is -1.36. The van der Waals surface area contributed by atoms with Gasteiger partial charge in [0.1, 0.15) is 5.38 Å². The number of fused-ring (bicyclic) bond motifs is 1. The number of aromatic nitrogens is 2. The average molecular weight is 270 g/mol. The number of hydrogen-bond acceptors (Lipinski definition) is 3. The molecule has 0 saturated carbocycles. The van der Waals surface area contributed by atoms with Crippen LogP contribution in [0.2, 0.25) is 0 Å². The van der Waals surface area contributed by atoms with Gasteiger partial charge in [0.2, 0.25) is 5.91 Å². The first kappa shape index (κ1) is 13.1. The van der Waals surface area contributed by atoms with Crippen LogP contribution in [0.5, 0.6) is 0 Å². The molecule has 0 aliphatic carbocycles. The van der Waals surface area contributed by atoms with E-state index in [9.17, 15) is 9.59 Å². The van der Waals surface area contributed by atoms with E-state index in [1.54, 1.807) is 22.7 Å². The molecule has 98 valence electrons. The Morgan fingerprint density at radius 1 is 1.61 bits per heavy atom. The van der Waals surface area contributed by atoms with Gasteiger partial charge >= 0.3 is 0 Å². The highest BCUT2D eigenvalue weighted by Gasteiger charge is 2.26. The van der Waals surface area contributed by atoms with Crippen LogP contribution in [0.4, 0.5) is 0 Å². The monoisotopic (exact) mass is 269 g/mol. The minimum absolute atomic E-state index is 0.00789. The fourth-order valence-corrected chi connectivity index (χ4v) is 2.26. The molecule has 1 aromatic rings. The topological polar surface area (TPSA) is 55.2 Å². The van der Waals surface area contributed by atoms with E-state index in [0.717, 1.165) is 5.56 Å². The van der Waals surface area contributed by atoms with Crippen LogP contribution in [0.15, 0.2) is 11.1 Å². The van der Waals surface area contributed by atoms with Gasteiger partial charge in [0.05, 0.1) is 18.6 Å². The minimum Gasteiger partial charge on any atom is -0.335 e. The Bertz CT molecular complexity index is 525. The molecule has 0 saturated heterocycles. The van der Waals surface area contributed by atoms with Crippen molar-refractivity contribution in [1.29, 1.82) is 0 Å². The Morgan fingerprint density at radius 3 is 2.94 bits per heavy atom. The van der Waals surface area contributed by atoms with E-state index in [0.29, 0.717) is 31.7 Å². The number of aryl methyl sites for hydroxylation is 1. The molecule has 0 N–H and O–H groups in total. The molecule has 0 aromatic carbocycles. The summed E-state index contributed by atoms with van der Waals surface area (Å²) in [6, 6.07) is 0. The normalized spacial score (nSPS) is 16.3. The lowest BCUT2D eigenvalue weighted by Gasteiger charge is -2.28. The molecular weight excluding hydrogens is 254 g/mol. The molecule has 2 rings (SSSR count). The van der Waals surface area contributed by atoms with Gasteiger partial charge < -0.3 is 4.90 Å². The number of rotatable bonds is 2. The first-order valence-corrected chi connectivity index (χ1v) is 6.48. The van der Waals surface area contributed by atoms with Crippen molar-refractivity contribution in [1.82, 2.24) is 14.5 Å². The molecule has 1 unspecified atom stereocenters. The van der Waals surface area contributed by atoms with Crippen molar-refractivity contribution >= 4 is 17.5 Å². The van der Waals surface area contributed by atoms with Gasteiger partial charge in [-0.1, -0.05) is 0 Å². The summed E-state index contributed by atoms with van der Waals surface area (Å²) in [7, 11) is 0. The summed E-state index contributed by atoms with van der Waals surface area (Å²) in [6.45, 7) is 5.09. The first-order valence-electron chi connectivity index (χ1n) is 6.04. The van der Waals surface area contributed by atoms with Crippen molar-refractivity contribution < 1.29 is 4.79 Å². The number of hydrogen-bond donors (Lipinski definition) is 0. The lowest BCUT2D eigenvalue weighted by atomic mass is 10.1. The second kappa shape index (κ2) is 5.10. The third-order valence-corrected chi connectivity index (χ3v) is 3.37. The molecule has 1 amide bonds. The first-order chi connectivity index (χ1) is 8.54. The second-order valence-electron chi connectivity index (χ2n) is 4.39. The van der Waals surface area contributed by atoms with E-state index in [1.165, 1.54) is 0 Å². The second-order valence-corrected chi connectivity index (χ2v) is 5.04. The summed E-state index contributed by atoms with van der Waals surface area (Å²) < 4.78 is 1.58. The van der Waals surface area contributed by atoms with Gasteiger partial charge in [-0.25, -0.2) is 4.98 Å². The molecule has 1 aliphatic heterocycles. The van der Waals surface area contributed by atoms with Gasteiger partial charge in [0, 0.05) is 18.7 Å². The third-order valence-electron chi connectivity index (χ3n) is 3.19. The Balaban J connectivity index is 2.29. The number of amides is 1. The molecule has 1 aromatic heterocycles. The van der Waals surface area contributed by atoms with Crippen LogP contribution in [-0.2, 0) is 24.3 Å². The van der Waals surface area contributed by atoms with Crippen LogP contribution in [0.1, 0.15) is 25.1 Å². The van der Waals surface area contributed by atoms with Gasteiger partial charge in [-0.2, -0.15) is 0 Å². The van der Waals surface area contributed by atoms with Crippen LogP contribution in [0.3, 0.4) is 0 Å². The van der Waals surface area contributed by atoms with Gasteiger partial charge in [-0.3, -0.25) is 14.2 Å². The lowest BCUT2D eigenvalue weighted by Crippen LogP contribution is -2.42. The number of halogens is 1. The molecule has 0 bridgehead atoms. The molecule has 0 fully saturated rings. The maximum Gasteiger partial charge on any atom is 0.256 e. The van der Waals surface area contributed by atoms with Crippen molar-refractivity contribution in [2.45, 2.75) is 38.7 Å². The maximum atomic E-state index is 12.0. The standard InChI is InChI=1S/C12H16ClN3O2/c1-3-15-7-14-10-6-16(11(17)8(2)13)5-4-9(10)12(15)18/h7-8H,3-6H2,1-2H3. The molecule has 6 heteroatoms. The quantitative estimate of drug-likeness (QED) is 0.746. The van der Waals surface area contributed by atoms with E-state index in [4.69, 9.17) is 11.6 Å². The molecule has 5 nitrogen and oxygen atoms in total. The number of alkyl halides is 1. The van der Waals surface area contributed by atoms with Crippen molar-refractivity contribution in [2.75, 3.05) is 6.54 Å². The minimum atomic E-state index is -0.539. The molecule has 18 heavy (non-hydrogen) atoms. The van der Waals surface area contributed by atoms with Gasteiger partial charge in [-0.15, -0.1) is 11.6 Å². The van der Waals surface area contributed by atoms with E-state index in [2.05, 4.69) is 4.98 Å². The predicted octanol–water partition coefficient (Wildman–Crippen LogP) is 0.775. The van der Waals surface area contributed by atoms with E-state index in [1.807, 2.05) is 6.92 Å². The van der Waals surface area contributed by atoms with Gasteiger partial charge in [0.15, 0.2) is 0 Å². The zero-order valence-corrected chi connectivity index (χ0v) is 11.3. The van der Waals surface area contributed by atoms with Crippen LogP contribution in [0, 0.1) is 0 Å². The molecule has 1 atom stereocenters. The van der Waals surface area contributed by atoms with Crippen molar-refractivity contribution in [3.8, 4) is 0 Å².